The molecular weight excluding hydrogens is 569 g/mol. The largest absolute Gasteiger partial charge is 0.456 e. The van der Waals surface area contributed by atoms with Gasteiger partial charge in [0.05, 0.1) is 1.37 Å². The van der Waals surface area contributed by atoms with E-state index in [1.807, 2.05) is 12.1 Å². The van der Waals surface area contributed by atoms with Gasteiger partial charge in [-0.25, -0.2) is 0 Å². The molecule has 0 unspecified atom stereocenters. The highest BCUT2D eigenvalue weighted by Gasteiger charge is 2.19. The van der Waals surface area contributed by atoms with E-state index in [4.69, 9.17) is 5.79 Å². The van der Waals surface area contributed by atoms with Crippen LogP contribution >= 0.6 is 0 Å². The third kappa shape index (κ3) is 3.97. The van der Waals surface area contributed by atoms with Crippen molar-refractivity contribution in [1.82, 2.24) is 0 Å². The minimum atomic E-state index is 0.546. The molecule has 0 fully saturated rings. The van der Waals surface area contributed by atoms with Gasteiger partial charge >= 0.3 is 0 Å². The standard InChI is InChI=1S/C46H28O/c1-2-14-31-28-43-41(27-30(31)13-1)46-35(23-11-25-42(46)47-43)32-16-9-17-33(26-32)44-37-19-5-7-21-39(37)45(40-22-8-6-20-38(40)44)36-24-10-15-29-12-3-4-18-34(29)36/h1-28H/i15D. The molecule has 218 valence electrons. The van der Waals surface area contributed by atoms with Gasteiger partial charge in [0.15, 0.2) is 0 Å². The highest BCUT2D eigenvalue weighted by molar-refractivity contribution is 6.24. The van der Waals surface area contributed by atoms with Gasteiger partial charge in [0.25, 0.3) is 0 Å². The van der Waals surface area contributed by atoms with Gasteiger partial charge < -0.3 is 4.42 Å². The van der Waals surface area contributed by atoms with Crippen molar-refractivity contribution >= 4 is 65.0 Å². The van der Waals surface area contributed by atoms with Crippen LogP contribution in [-0.4, -0.2) is 0 Å². The Balaban J connectivity index is 1.24. The van der Waals surface area contributed by atoms with Crippen LogP contribution in [-0.2, 0) is 0 Å². The minimum Gasteiger partial charge on any atom is -0.456 e. The number of fused-ring (bicyclic) bond motifs is 7. The molecule has 1 nitrogen and oxygen atoms in total. The second-order valence-electron chi connectivity index (χ2n) is 12.3. The fourth-order valence-electron chi connectivity index (χ4n) is 7.69. The fourth-order valence-corrected chi connectivity index (χ4v) is 7.69. The fraction of sp³-hybridized carbons (Fsp3) is 0. The van der Waals surface area contributed by atoms with Crippen molar-refractivity contribution in [1.29, 1.82) is 0 Å². The molecule has 10 aromatic rings. The van der Waals surface area contributed by atoms with Gasteiger partial charge in [0.2, 0.25) is 0 Å². The molecule has 0 aliphatic carbocycles. The van der Waals surface area contributed by atoms with Crippen LogP contribution in [0, 0.1) is 0 Å². The molecule has 0 saturated heterocycles. The summed E-state index contributed by atoms with van der Waals surface area (Å²) >= 11 is 0. The number of furan rings is 1. The highest BCUT2D eigenvalue weighted by atomic mass is 16.3. The van der Waals surface area contributed by atoms with Crippen molar-refractivity contribution < 1.29 is 5.79 Å². The zero-order chi connectivity index (χ0) is 31.8. The maximum absolute atomic E-state index is 8.60. The Bertz CT molecular complexity index is 2850. The third-order valence-corrected chi connectivity index (χ3v) is 9.73. The van der Waals surface area contributed by atoms with E-state index in [1.54, 1.807) is 0 Å². The molecule has 0 spiro atoms. The molecule has 0 radical (unpaired) electrons. The first-order valence-corrected chi connectivity index (χ1v) is 16.1. The van der Waals surface area contributed by atoms with Gasteiger partial charge in [-0.1, -0.05) is 146 Å². The van der Waals surface area contributed by atoms with E-state index in [0.29, 0.717) is 6.04 Å². The average molecular weight is 598 g/mol. The van der Waals surface area contributed by atoms with Crippen molar-refractivity contribution in [3.63, 3.8) is 0 Å². The van der Waals surface area contributed by atoms with E-state index in [9.17, 15) is 0 Å². The molecule has 0 bridgehead atoms. The molecule has 47 heavy (non-hydrogen) atoms. The van der Waals surface area contributed by atoms with Crippen LogP contribution in [0.4, 0.5) is 0 Å². The molecule has 10 rings (SSSR count). The molecule has 1 heterocycles. The Morgan fingerprint density at radius 1 is 0.362 bits per heavy atom. The molecule has 0 amide bonds. The number of rotatable bonds is 3. The summed E-state index contributed by atoms with van der Waals surface area (Å²) in [4.78, 5) is 0. The summed E-state index contributed by atoms with van der Waals surface area (Å²) in [5, 5.41) is 11.6. The van der Waals surface area contributed by atoms with Gasteiger partial charge in [0.1, 0.15) is 11.2 Å². The van der Waals surface area contributed by atoms with Crippen LogP contribution in [0.15, 0.2) is 174 Å². The lowest BCUT2D eigenvalue weighted by atomic mass is 9.84. The first-order chi connectivity index (χ1) is 23.7. The van der Waals surface area contributed by atoms with E-state index in [0.717, 1.165) is 49.4 Å². The minimum absolute atomic E-state index is 0.546. The van der Waals surface area contributed by atoms with Crippen LogP contribution in [0.25, 0.3) is 98.4 Å². The van der Waals surface area contributed by atoms with Crippen LogP contribution in [0.3, 0.4) is 0 Å². The number of hydrogen-bond donors (Lipinski definition) is 0. The monoisotopic (exact) mass is 597 g/mol. The average Bonchev–Trinajstić information content (AvgIpc) is 3.51. The molecule has 0 aliphatic rings. The number of hydrogen-bond acceptors (Lipinski definition) is 1. The summed E-state index contributed by atoms with van der Waals surface area (Å²) in [6.07, 6.45) is 0. The van der Waals surface area contributed by atoms with Gasteiger partial charge in [-0.15, -0.1) is 0 Å². The molecule has 0 atom stereocenters. The summed E-state index contributed by atoms with van der Waals surface area (Å²) in [6, 6.07) is 58.7. The van der Waals surface area contributed by atoms with Crippen molar-refractivity contribution in [3.05, 3.63) is 170 Å². The summed E-state index contributed by atoms with van der Waals surface area (Å²) in [7, 11) is 0. The quantitative estimate of drug-likeness (QED) is 0.185. The van der Waals surface area contributed by atoms with E-state index >= 15 is 0 Å². The maximum Gasteiger partial charge on any atom is 0.136 e. The normalized spacial score (nSPS) is 12.1. The Kier molecular flexibility index (Phi) is 5.42. The van der Waals surface area contributed by atoms with Crippen LogP contribution in [0.2, 0.25) is 0 Å². The Hall–Kier alpha value is -6.18. The molecule has 1 aromatic heterocycles. The SMILES string of the molecule is [2H]c1ccc(-c2c3ccccc3c(-c3cccc(-c4cccc5oc6cc7ccccc7cc6c45)c3)c3ccccc23)c2ccccc12. The smallest absolute Gasteiger partial charge is 0.136 e. The van der Waals surface area contributed by atoms with Crippen molar-refractivity contribution in [2.24, 2.45) is 0 Å². The van der Waals surface area contributed by atoms with Crippen LogP contribution in [0.5, 0.6) is 0 Å². The Morgan fingerprint density at radius 2 is 0.936 bits per heavy atom. The summed E-state index contributed by atoms with van der Waals surface area (Å²) < 4.78 is 15.0. The van der Waals surface area contributed by atoms with E-state index in [2.05, 4.69) is 152 Å². The lowest BCUT2D eigenvalue weighted by molar-refractivity contribution is 0.669. The zero-order valence-corrected chi connectivity index (χ0v) is 25.5. The first-order valence-electron chi connectivity index (χ1n) is 16.6. The molecular formula is C46H28O. The lowest BCUT2D eigenvalue weighted by Gasteiger charge is -2.19. The van der Waals surface area contributed by atoms with E-state index in [-0.39, 0.29) is 0 Å². The van der Waals surface area contributed by atoms with Gasteiger partial charge in [-0.2, -0.15) is 0 Å². The summed E-state index contributed by atoms with van der Waals surface area (Å²) in [6.45, 7) is 0. The summed E-state index contributed by atoms with van der Waals surface area (Å²) in [5.74, 6) is 0. The lowest BCUT2D eigenvalue weighted by Crippen LogP contribution is -1.92. The molecule has 0 aliphatic heterocycles. The maximum atomic E-state index is 8.60. The third-order valence-electron chi connectivity index (χ3n) is 9.73. The molecule has 0 saturated carbocycles. The molecule has 1 heteroatoms. The van der Waals surface area contributed by atoms with Crippen molar-refractivity contribution in [3.8, 4) is 33.4 Å². The predicted octanol–water partition coefficient (Wildman–Crippen LogP) is 13.2. The van der Waals surface area contributed by atoms with Crippen LogP contribution < -0.4 is 0 Å². The summed E-state index contributed by atoms with van der Waals surface area (Å²) in [5.41, 5.74) is 8.88. The zero-order valence-electron chi connectivity index (χ0n) is 26.5. The Morgan fingerprint density at radius 3 is 1.68 bits per heavy atom. The van der Waals surface area contributed by atoms with Gasteiger partial charge in [-0.3, -0.25) is 0 Å². The van der Waals surface area contributed by atoms with E-state index in [1.165, 1.54) is 49.0 Å². The first kappa shape index (κ1) is 25.1. The highest BCUT2D eigenvalue weighted by Crippen LogP contribution is 2.46. The number of benzene rings is 9. The van der Waals surface area contributed by atoms with Gasteiger partial charge in [0, 0.05) is 10.8 Å². The Labute approximate surface area is 273 Å². The molecule has 9 aromatic carbocycles. The topological polar surface area (TPSA) is 13.1 Å². The molecule has 0 N–H and O–H groups in total. The van der Waals surface area contributed by atoms with Gasteiger partial charge in [-0.05, 0) is 101 Å². The second kappa shape index (κ2) is 10.2. The van der Waals surface area contributed by atoms with Crippen molar-refractivity contribution in [2.45, 2.75) is 0 Å². The van der Waals surface area contributed by atoms with Crippen LogP contribution in [0.1, 0.15) is 1.37 Å². The van der Waals surface area contributed by atoms with E-state index < -0.39 is 0 Å². The second-order valence-corrected chi connectivity index (χ2v) is 12.3. The predicted molar refractivity (Wildman–Crippen MR) is 200 cm³/mol. The van der Waals surface area contributed by atoms with Crippen molar-refractivity contribution in [2.75, 3.05) is 0 Å².